The van der Waals surface area contributed by atoms with Gasteiger partial charge in [0.2, 0.25) is 21.1 Å². The number of aromatic nitrogens is 4. The molecule has 1 fully saturated rings. The van der Waals surface area contributed by atoms with Crippen LogP contribution in [0.15, 0.2) is 53.7 Å². The van der Waals surface area contributed by atoms with E-state index in [1.165, 1.54) is 16.1 Å². The van der Waals surface area contributed by atoms with Crippen LogP contribution in [-0.4, -0.2) is 75.7 Å². The topological polar surface area (TPSA) is 101 Å². The van der Waals surface area contributed by atoms with Gasteiger partial charge in [-0.3, -0.25) is 4.79 Å². The summed E-state index contributed by atoms with van der Waals surface area (Å²) >= 11 is 1.28. The molecule has 2 heterocycles. The third-order valence-electron chi connectivity index (χ3n) is 5.52. The van der Waals surface area contributed by atoms with Crippen LogP contribution >= 0.6 is 11.8 Å². The molecule has 2 aromatic carbocycles. The fourth-order valence-corrected chi connectivity index (χ4v) is 6.07. The molecule has 0 spiro atoms. The predicted octanol–water partition coefficient (Wildman–Crippen LogP) is 2.05. The van der Waals surface area contributed by atoms with Gasteiger partial charge < -0.3 is 4.90 Å². The van der Waals surface area contributed by atoms with Crippen molar-refractivity contribution in [1.82, 2.24) is 29.4 Å². The summed E-state index contributed by atoms with van der Waals surface area (Å²) in [7, 11) is -3.42. The molecule has 9 nitrogen and oxygen atoms in total. The first kappa shape index (κ1) is 23.4. The Morgan fingerprint density at radius 2 is 1.76 bits per heavy atom. The first-order chi connectivity index (χ1) is 15.8. The predicted molar refractivity (Wildman–Crippen MR) is 127 cm³/mol. The summed E-state index contributed by atoms with van der Waals surface area (Å²) in [5.74, 6) is 0.0936. The number of carbonyl (C=O) groups excluding carboxylic acids is 1. The zero-order chi connectivity index (χ0) is 23.4. The molecule has 4 rings (SSSR count). The third kappa shape index (κ3) is 5.60. The number of amides is 1. The highest BCUT2D eigenvalue weighted by molar-refractivity contribution is 7.99. The van der Waals surface area contributed by atoms with E-state index in [0.717, 1.165) is 22.4 Å². The lowest BCUT2D eigenvalue weighted by molar-refractivity contribution is -0.129. The van der Waals surface area contributed by atoms with Crippen molar-refractivity contribution in [1.29, 1.82) is 0 Å². The molecule has 0 bridgehead atoms. The summed E-state index contributed by atoms with van der Waals surface area (Å²) < 4.78 is 28.6. The van der Waals surface area contributed by atoms with Crippen molar-refractivity contribution in [2.75, 3.05) is 31.9 Å². The minimum Gasteiger partial charge on any atom is -0.339 e. The van der Waals surface area contributed by atoms with Crippen LogP contribution in [0.1, 0.15) is 16.7 Å². The average Bonchev–Trinajstić information content (AvgIpc) is 3.26. The molecule has 0 saturated carbocycles. The van der Waals surface area contributed by atoms with Crippen LogP contribution in [0.25, 0.3) is 5.69 Å². The van der Waals surface area contributed by atoms with E-state index < -0.39 is 10.0 Å². The van der Waals surface area contributed by atoms with Crippen LogP contribution in [0, 0.1) is 13.8 Å². The van der Waals surface area contributed by atoms with Gasteiger partial charge in [0.05, 0.1) is 17.2 Å². The maximum absolute atomic E-state index is 12.8. The summed E-state index contributed by atoms with van der Waals surface area (Å²) in [6.45, 7) is 5.36. The van der Waals surface area contributed by atoms with Crippen LogP contribution in [0.2, 0.25) is 0 Å². The SMILES string of the molecule is Cc1ccc(-n2nnnc2SCC(=O)N2CCN(S(=O)(=O)Cc3ccccc3)CC2)c(C)c1. The highest BCUT2D eigenvalue weighted by Crippen LogP contribution is 2.22. The standard InChI is InChI=1S/C22H26N6O3S2/c1-17-8-9-20(18(2)14-17)28-22(23-24-25-28)32-15-21(29)26-10-12-27(13-11-26)33(30,31)16-19-6-4-3-5-7-19/h3-9,14H,10-13,15-16H2,1-2H3. The molecule has 1 aliphatic rings. The van der Waals surface area contributed by atoms with Crippen LogP contribution in [0.5, 0.6) is 0 Å². The molecule has 0 unspecified atom stereocenters. The summed E-state index contributed by atoms with van der Waals surface area (Å²) in [6.07, 6.45) is 0. The van der Waals surface area contributed by atoms with Gasteiger partial charge in [0.1, 0.15) is 0 Å². The molecule has 1 saturated heterocycles. The van der Waals surface area contributed by atoms with E-state index >= 15 is 0 Å². The van der Waals surface area contributed by atoms with Crippen molar-refractivity contribution < 1.29 is 13.2 Å². The molecular formula is C22H26N6O3S2. The Labute approximate surface area is 197 Å². The zero-order valence-corrected chi connectivity index (χ0v) is 20.2. The molecule has 1 aliphatic heterocycles. The molecule has 0 atom stereocenters. The Kier molecular flexibility index (Phi) is 7.11. The van der Waals surface area contributed by atoms with Gasteiger partial charge in [-0.25, -0.2) is 8.42 Å². The Morgan fingerprint density at radius 3 is 2.45 bits per heavy atom. The van der Waals surface area contributed by atoms with Crippen molar-refractivity contribution in [3.63, 3.8) is 0 Å². The molecule has 174 valence electrons. The second-order valence-corrected chi connectivity index (χ2v) is 10.9. The number of nitrogens with zero attached hydrogens (tertiary/aromatic N) is 6. The maximum Gasteiger partial charge on any atom is 0.233 e. The van der Waals surface area contributed by atoms with E-state index in [9.17, 15) is 13.2 Å². The van der Waals surface area contributed by atoms with Gasteiger partial charge in [0.15, 0.2) is 0 Å². The Bertz CT molecular complexity index is 1220. The number of hydrogen-bond donors (Lipinski definition) is 0. The van der Waals surface area contributed by atoms with Gasteiger partial charge in [0, 0.05) is 26.2 Å². The lowest BCUT2D eigenvalue weighted by atomic mass is 10.1. The number of benzene rings is 2. The van der Waals surface area contributed by atoms with E-state index in [-0.39, 0.29) is 17.4 Å². The van der Waals surface area contributed by atoms with Gasteiger partial charge in [-0.05, 0) is 41.5 Å². The summed E-state index contributed by atoms with van der Waals surface area (Å²) in [4.78, 5) is 14.5. The summed E-state index contributed by atoms with van der Waals surface area (Å²) in [5, 5.41) is 12.4. The fourth-order valence-electron chi connectivity index (χ4n) is 3.77. The lowest BCUT2D eigenvalue weighted by Crippen LogP contribution is -2.51. The van der Waals surface area contributed by atoms with Crippen molar-refractivity contribution in [3.8, 4) is 5.69 Å². The Balaban J connectivity index is 1.32. The number of hydrogen-bond acceptors (Lipinski definition) is 7. The van der Waals surface area contributed by atoms with Gasteiger partial charge in [0.25, 0.3) is 0 Å². The van der Waals surface area contributed by atoms with Crippen molar-refractivity contribution >= 4 is 27.7 Å². The first-order valence-electron chi connectivity index (χ1n) is 10.6. The number of piperazine rings is 1. The number of thioether (sulfide) groups is 1. The maximum atomic E-state index is 12.8. The molecule has 0 aliphatic carbocycles. The van der Waals surface area contributed by atoms with Crippen LogP contribution < -0.4 is 0 Å². The number of tetrazole rings is 1. The van der Waals surface area contributed by atoms with Crippen LogP contribution in [0.3, 0.4) is 0 Å². The number of rotatable bonds is 7. The molecule has 1 amide bonds. The minimum atomic E-state index is -3.42. The zero-order valence-electron chi connectivity index (χ0n) is 18.6. The van der Waals surface area contributed by atoms with E-state index in [4.69, 9.17) is 0 Å². The second-order valence-electron chi connectivity index (χ2n) is 7.97. The molecule has 1 aromatic heterocycles. The lowest BCUT2D eigenvalue weighted by Gasteiger charge is -2.34. The quantitative estimate of drug-likeness (QED) is 0.471. The molecule has 3 aromatic rings. The highest BCUT2D eigenvalue weighted by atomic mass is 32.2. The van der Waals surface area contributed by atoms with Gasteiger partial charge in [-0.1, -0.05) is 59.8 Å². The van der Waals surface area contributed by atoms with Gasteiger partial charge in [-0.15, -0.1) is 5.10 Å². The average molecular weight is 487 g/mol. The molecule has 11 heteroatoms. The minimum absolute atomic E-state index is 0.0290. The molecule has 33 heavy (non-hydrogen) atoms. The fraction of sp³-hybridized carbons (Fsp3) is 0.364. The number of sulfonamides is 1. The Morgan fingerprint density at radius 1 is 1.03 bits per heavy atom. The van der Waals surface area contributed by atoms with E-state index in [1.807, 2.05) is 44.2 Å². The smallest absolute Gasteiger partial charge is 0.233 e. The largest absolute Gasteiger partial charge is 0.339 e. The molecular weight excluding hydrogens is 460 g/mol. The molecule has 0 N–H and O–H groups in total. The van der Waals surface area contributed by atoms with Crippen molar-refractivity contribution in [2.24, 2.45) is 0 Å². The summed E-state index contributed by atoms with van der Waals surface area (Å²) in [5.41, 5.74) is 3.83. The number of carbonyl (C=O) groups is 1. The molecule has 0 radical (unpaired) electrons. The van der Waals surface area contributed by atoms with Crippen LogP contribution in [-0.2, 0) is 20.6 Å². The number of aryl methyl sites for hydroxylation is 2. The van der Waals surface area contributed by atoms with Crippen molar-refractivity contribution in [2.45, 2.75) is 24.8 Å². The third-order valence-corrected chi connectivity index (χ3v) is 8.28. The highest BCUT2D eigenvalue weighted by Gasteiger charge is 2.29. The second kappa shape index (κ2) is 10.0. The Hall–Kier alpha value is -2.76. The van der Waals surface area contributed by atoms with E-state index in [0.29, 0.717) is 31.3 Å². The van der Waals surface area contributed by atoms with Crippen LogP contribution in [0.4, 0.5) is 0 Å². The van der Waals surface area contributed by atoms with E-state index in [2.05, 4.69) is 21.6 Å². The van der Waals surface area contributed by atoms with Gasteiger partial charge in [-0.2, -0.15) is 8.99 Å². The van der Waals surface area contributed by atoms with E-state index in [1.54, 1.807) is 21.7 Å². The van der Waals surface area contributed by atoms with Gasteiger partial charge >= 0.3 is 0 Å². The normalized spacial score (nSPS) is 15.0. The summed E-state index contributed by atoms with van der Waals surface area (Å²) in [6, 6.07) is 15.1. The van der Waals surface area contributed by atoms with Crippen molar-refractivity contribution in [3.05, 3.63) is 65.2 Å². The first-order valence-corrected chi connectivity index (χ1v) is 13.2. The monoisotopic (exact) mass is 486 g/mol.